The van der Waals surface area contributed by atoms with Crippen molar-refractivity contribution in [2.45, 2.75) is 25.8 Å². The molecule has 2 aromatic rings. The molecule has 1 fully saturated rings. The number of pyridine rings is 1. The molecular weight excluding hydrogens is 322 g/mol. The van der Waals surface area contributed by atoms with Crippen LogP contribution in [-0.2, 0) is 0 Å². The number of hydrogen-bond acceptors (Lipinski definition) is 6. The van der Waals surface area contributed by atoms with Crippen LogP contribution in [0, 0.1) is 6.92 Å². The van der Waals surface area contributed by atoms with Gasteiger partial charge < -0.3 is 19.9 Å². The third-order valence-corrected chi connectivity index (χ3v) is 4.35. The lowest BCUT2D eigenvalue weighted by molar-refractivity contribution is 0.102. The highest BCUT2D eigenvalue weighted by Gasteiger charge is 2.21. The fourth-order valence-corrected chi connectivity index (χ4v) is 2.96. The summed E-state index contributed by atoms with van der Waals surface area (Å²) < 4.78 is 6.60. The molecule has 3 heterocycles. The lowest BCUT2D eigenvalue weighted by Crippen LogP contribution is -2.37. The maximum atomic E-state index is 12.8. The number of amides is 1. The molecule has 1 aliphatic heterocycles. The first-order valence-corrected chi connectivity index (χ1v) is 8.21. The molecule has 0 atom stereocenters. The lowest BCUT2D eigenvalue weighted by atomic mass is 10.0. The van der Waals surface area contributed by atoms with Gasteiger partial charge in [-0.25, -0.2) is 0 Å². The van der Waals surface area contributed by atoms with Crippen molar-refractivity contribution < 1.29 is 9.53 Å². The van der Waals surface area contributed by atoms with Crippen LogP contribution < -0.4 is 20.9 Å². The predicted octanol–water partition coefficient (Wildman–Crippen LogP) is 1.13. The summed E-state index contributed by atoms with van der Waals surface area (Å²) in [6, 6.07) is 5.08. The zero-order valence-electron chi connectivity index (χ0n) is 14.3. The molecule has 0 saturated carbocycles. The van der Waals surface area contributed by atoms with Gasteiger partial charge in [0.15, 0.2) is 5.82 Å². The van der Waals surface area contributed by atoms with E-state index in [1.54, 1.807) is 35.9 Å². The van der Waals surface area contributed by atoms with Crippen LogP contribution in [0.4, 0.5) is 5.82 Å². The monoisotopic (exact) mass is 343 g/mol. The summed E-state index contributed by atoms with van der Waals surface area (Å²) in [5.41, 5.74) is 0.499. The molecule has 3 rings (SSSR count). The third-order valence-electron chi connectivity index (χ3n) is 4.35. The number of anilines is 1. The van der Waals surface area contributed by atoms with Crippen molar-refractivity contribution in [2.24, 2.45) is 0 Å². The first-order chi connectivity index (χ1) is 12.1. The number of aromatic nitrogens is 3. The summed E-state index contributed by atoms with van der Waals surface area (Å²) in [5, 5.41) is 13.6. The number of carbonyl (C=O) groups is 1. The topological polar surface area (TPSA) is 98.1 Å². The number of aryl methyl sites for hydroxylation is 1. The number of piperidine rings is 1. The van der Waals surface area contributed by atoms with Crippen molar-refractivity contribution in [3.63, 3.8) is 0 Å². The van der Waals surface area contributed by atoms with E-state index >= 15 is 0 Å². The molecule has 1 amide bonds. The number of ether oxygens (including phenoxy) is 1. The molecule has 0 aromatic carbocycles. The van der Waals surface area contributed by atoms with E-state index in [2.05, 4.69) is 20.8 Å². The van der Waals surface area contributed by atoms with Crippen LogP contribution in [0.25, 0.3) is 0 Å². The number of carbonyl (C=O) groups excluding carboxylic acids is 1. The molecule has 0 unspecified atom stereocenters. The first kappa shape index (κ1) is 17.1. The van der Waals surface area contributed by atoms with Gasteiger partial charge in [0.2, 0.25) is 5.88 Å². The normalized spacial score (nSPS) is 15.0. The molecule has 2 N–H and O–H groups in total. The molecule has 8 heteroatoms. The lowest BCUT2D eigenvalue weighted by Gasteiger charge is -2.25. The Kier molecular flexibility index (Phi) is 5.08. The fraction of sp³-hybridized carbons (Fsp3) is 0.412. The van der Waals surface area contributed by atoms with E-state index in [0.29, 0.717) is 11.4 Å². The average molecular weight is 343 g/mol. The highest BCUT2D eigenvalue weighted by Crippen LogP contribution is 2.17. The Hall–Kier alpha value is -2.74. The van der Waals surface area contributed by atoms with Crippen molar-refractivity contribution in [1.29, 1.82) is 0 Å². The van der Waals surface area contributed by atoms with E-state index in [1.807, 2.05) is 0 Å². The van der Waals surface area contributed by atoms with Gasteiger partial charge in [0.05, 0.1) is 7.11 Å². The van der Waals surface area contributed by atoms with Crippen molar-refractivity contribution >= 4 is 11.7 Å². The van der Waals surface area contributed by atoms with Gasteiger partial charge in [-0.05, 0) is 50.6 Å². The largest absolute Gasteiger partial charge is 0.480 e. The Balaban J connectivity index is 1.87. The van der Waals surface area contributed by atoms with Crippen LogP contribution in [0.15, 0.2) is 29.2 Å². The highest BCUT2D eigenvalue weighted by molar-refractivity contribution is 6.04. The predicted molar refractivity (Wildman–Crippen MR) is 93.1 cm³/mol. The number of nitrogens with zero attached hydrogens (tertiary/aromatic N) is 3. The van der Waals surface area contributed by atoms with Gasteiger partial charge in [-0.1, -0.05) is 0 Å². The minimum atomic E-state index is -0.481. The quantitative estimate of drug-likeness (QED) is 0.864. The van der Waals surface area contributed by atoms with Crippen LogP contribution in [0.1, 0.15) is 34.8 Å². The van der Waals surface area contributed by atoms with Crippen molar-refractivity contribution in [2.75, 3.05) is 25.5 Å². The zero-order chi connectivity index (χ0) is 17.8. The number of nitrogens with one attached hydrogen (secondary N) is 2. The molecule has 0 radical (unpaired) electrons. The zero-order valence-corrected chi connectivity index (χ0v) is 14.3. The highest BCUT2D eigenvalue weighted by atomic mass is 16.5. The van der Waals surface area contributed by atoms with Gasteiger partial charge >= 0.3 is 0 Å². The van der Waals surface area contributed by atoms with Gasteiger partial charge in [0.25, 0.3) is 11.5 Å². The molecule has 1 saturated heterocycles. The fourth-order valence-electron chi connectivity index (χ4n) is 2.96. The Morgan fingerprint density at radius 2 is 2.04 bits per heavy atom. The molecule has 0 spiro atoms. The number of hydrogen-bond donors (Lipinski definition) is 2. The first-order valence-electron chi connectivity index (χ1n) is 8.21. The SMILES string of the molecule is COc1ccc(NC(=O)c2c(C)ccn(C3CCNCC3)c2=O)nn1. The van der Waals surface area contributed by atoms with Gasteiger partial charge in [-0.15, -0.1) is 10.2 Å². The summed E-state index contributed by atoms with van der Waals surface area (Å²) >= 11 is 0. The van der Waals surface area contributed by atoms with E-state index in [9.17, 15) is 9.59 Å². The standard InChI is InChI=1S/C17H21N5O3/c1-11-7-10-22(12-5-8-18-9-6-12)17(24)15(11)16(23)19-13-3-4-14(25-2)21-20-13/h3-4,7,10,12,18H,5-6,8-9H2,1-2H3,(H,19,20,23). The smallest absolute Gasteiger partial charge is 0.263 e. The van der Waals surface area contributed by atoms with Crippen molar-refractivity contribution in [3.05, 3.63) is 45.9 Å². The van der Waals surface area contributed by atoms with E-state index < -0.39 is 5.91 Å². The van der Waals surface area contributed by atoms with Crippen LogP contribution in [0.5, 0.6) is 5.88 Å². The molecule has 8 nitrogen and oxygen atoms in total. The van der Waals surface area contributed by atoms with Crippen LogP contribution >= 0.6 is 0 Å². The number of methoxy groups -OCH3 is 1. The molecule has 1 aliphatic rings. The van der Waals surface area contributed by atoms with Gasteiger partial charge in [0.1, 0.15) is 5.56 Å². The Morgan fingerprint density at radius 1 is 1.28 bits per heavy atom. The summed E-state index contributed by atoms with van der Waals surface area (Å²) in [6.45, 7) is 3.49. The summed E-state index contributed by atoms with van der Waals surface area (Å²) in [4.78, 5) is 25.5. The summed E-state index contributed by atoms with van der Waals surface area (Å²) in [5.74, 6) is 0.134. The molecule has 2 aromatic heterocycles. The van der Waals surface area contributed by atoms with Crippen molar-refractivity contribution in [3.8, 4) is 5.88 Å². The van der Waals surface area contributed by atoms with E-state index in [1.165, 1.54) is 7.11 Å². The Labute approximate surface area is 145 Å². The van der Waals surface area contributed by atoms with Crippen LogP contribution in [0.2, 0.25) is 0 Å². The molecule has 25 heavy (non-hydrogen) atoms. The van der Waals surface area contributed by atoms with E-state index in [4.69, 9.17) is 4.74 Å². The Morgan fingerprint density at radius 3 is 2.68 bits per heavy atom. The second kappa shape index (κ2) is 7.43. The minimum Gasteiger partial charge on any atom is -0.480 e. The second-order valence-corrected chi connectivity index (χ2v) is 5.98. The van der Waals surface area contributed by atoms with Crippen LogP contribution in [0.3, 0.4) is 0 Å². The third kappa shape index (κ3) is 3.69. The maximum Gasteiger partial charge on any atom is 0.263 e. The van der Waals surface area contributed by atoms with Gasteiger partial charge in [-0.3, -0.25) is 9.59 Å². The van der Waals surface area contributed by atoms with E-state index in [0.717, 1.165) is 25.9 Å². The van der Waals surface area contributed by atoms with Gasteiger partial charge in [0, 0.05) is 18.3 Å². The summed E-state index contributed by atoms with van der Waals surface area (Å²) in [7, 11) is 1.48. The molecule has 132 valence electrons. The van der Waals surface area contributed by atoms with Gasteiger partial charge in [-0.2, -0.15) is 0 Å². The van der Waals surface area contributed by atoms with E-state index in [-0.39, 0.29) is 23.0 Å². The average Bonchev–Trinajstić information content (AvgIpc) is 2.63. The van der Waals surface area contributed by atoms with Crippen LogP contribution in [-0.4, -0.2) is 40.9 Å². The molecular formula is C17H21N5O3. The summed E-state index contributed by atoms with van der Waals surface area (Å²) in [6.07, 6.45) is 3.51. The second-order valence-electron chi connectivity index (χ2n) is 5.98. The minimum absolute atomic E-state index is 0.113. The Bertz CT molecular complexity index is 810. The molecule has 0 bridgehead atoms. The molecule has 0 aliphatic carbocycles. The number of rotatable bonds is 4. The maximum absolute atomic E-state index is 12.8. The van der Waals surface area contributed by atoms with Crippen molar-refractivity contribution in [1.82, 2.24) is 20.1 Å².